The van der Waals surface area contributed by atoms with Crippen LogP contribution in [0.4, 0.5) is 5.82 Å². The number of piperidine rings is 1. The molecule has 10 nitrogen and oxygen atoms in total. The second kappa shape index (κ2) is 9.11. The number of aromatic nitrogens is 4. The van der Waals surface area contributed by atoms with Crippen LogP contribution in [0.2, 0.25) is 0 Å². The number of fused-ring (bicyclic) bond motifs is 2. The van der Waals surface area contributed by atoms with Crippen LogP contribution in [0.3, 0.4) is 0 Å². The van der Waals surface area contributed by atoms with Crippen molar-refractivity contribution in [2.75, 3.05) is 18.1 Å². The molecule has 4 aromatic heterocycles. The largest absolute Gasteiger partial charge is 0.489 e. The van der Waals surface area contributed by atoms with Gasteiger partial charge in [-0.1, -0.05) is 6.07 Å². The van der Waals surface area contributed by atoms with Crippen LogP contribution in [0.25, 0.3) is 16.6 Å². The molecule has 0 radical (unpaired) electrons. The van der Waals surface area contributed by atoms with Crippen LogP contribution in [0.5, 0.6) is 5.75 Å². The van der Waals surface area contributed by atoms with Crippen molar-refractivity contribution in [2.24, 2.45) is 5.92 Å². The number of carbonyl (C=O) groups is 1. The number of nitriles is 1. The number of ether oxygens (including phenoxy) is 1. The van der Waals surface area contributed by atoms with Crippen LogP contribution < -0.4 is 15.0 Å². The number of hydrogen-bond acceptors (Lipinski definition) is 8. The van der Waals surface area contributed by atoms with E-state index in [0.29, 0.717) is 34.5 Å². The molecule has 192 valence electrons. The maximum atomic E-state index is 12.4. The van der Waals surface area contributed by atoms with E-state index >= 15 is 0 Å². The smallest absolute Gasteiger partial charge is 0.270 e. The average Bonchev–Trinajstić information content (AvgIpc) is 3.33. The molecule has 2 N–H and O–H groups in total. The number of carbonyl (C=O) groups excluding carboxylic acids is 1. The zero-order valence-corrected chi connectivity index (χ0v) is 21.1. The minimum Gasteiger partial charge on any atom is -0.489 e. The molecule has 0 aromatic carbocycles. The van der Waals surface area contributed by atoms with Crippen molar-refractivity contribution in [3.05, 3.63) is 72.4 Å². The van der Waals surface area contributed by atoms with Crippen LogP contribution in [0, 0.1) is 17.2 Å². The molecule has 3 atom stereocenters. The second-order valence-electron chi connectivity index (χ2n) is 10.5. The Labute approximate surface area is 219 Å². The van der Waals surface area contributed by atoms with Crippen LogP contribution in [0.15, 0.2) is 61.2 Å². The predicted molar refractivity (Wildman–Crippen MR) is 140 cm³/mol. The van der Waals surface area contributed by atoms with E-state index in [1.807, 2.05) is 24.3 Å². The molecule has 2 fully saturated rings. The second-order valence-corrected chi connectivity index (χ2v) is 10.5. The Kier molecular flexibility index (Phi) is 5.73. The minimum atomic E-state index is -0.989. The van der Waals surface area contributed by atoms with Gasteiger partial charge in [0.1, 0.15) is 29.9 Å². The van der Waals surface area contributed by atoms with E-state index in [1.165, 1.54) is 6.20 Å². The van der Waals surface area contributed by atoms with Gasteiger partial charge in [-0.15, -0.1) is 0 Å². The third-order valence-electron chi connectivity index (χ3n) is 7.18. The lowest BCUT2D eigenvalue weighted by Gasteiger charge is -2.60. The van der Waals surface area contributed by atoms with Crippen LogP contribution >= 0.6 is 0 Å². The molecule has 6 rings (SSSR count). The fraction of sp³-hybridized carbons (Fsp3) is 0.321. The highest BCUT2D eigenvalue weighted by Gasteiger charge is 2.53. The summed E-state index contributed by atoms with van der Waals surface area (Å²) in [5.41, 5.74) is 2.18. The number of rotatable bonds is 7. The van der Waals surface area contributed by atoms with Gasteiger partial charge in [-0.05, 0) is 50.6 Å². The Balaban J connectivity index is 1.17. The quantitative estimate of drug-likeness (QED) is 0.389. The van der Waals surface area contributed by atoms with E-state index in [1.54, 1.807) is 49.1 Å². The first-order chi connectivity index (χ1) is 18.3. The standard InChI is InChI=1S/C28H27N7O3/c1-28(2,37)16-38-19-9-20(26-18(11-29)13-32-35(26)14-19)17-6-7-25(31-12-17)34-15-21-23(10-24(21)34)33-27(36)22-5-3-4-8-30-22/h3-9,12-14,21,23-24,37H,10,15-16H2,1-2H3,(H,33,36)/t21-,23-,24?/m0/s1. The molecule has 10 heteroatoms. The molecule has 1 saturated heterocycles. The average molecular weight is 510 g/mol. The highest BCUT2D eigenvalue weighted by atomic mass is 16.5. The zero-order valence-electron chi connectivity index (χ0n) is 21.1. The molecule has 1 unspecified atom stereocenters. The van der Waals surface area contributed by atoms with Crippen molar-refractivity contribution in [2.45, 2.75) is 38.0 Å². The molecular weight excluding hydrogens is 482 g/mol. The highest BCUT2D eigenvalue weighted by Crippen LogP contribution is 2.44. The molecule has 1 saturated carbocycles. The molecule has 0 bridgehead atoms. The zero-order chi connectivity index (χ0) is 26.4. The third-order valence-corrected chi connectivity index (χ3v) is 7.18. The normalized spacial score (nSPS) is 20.2. The van der Waals surface area contributed by atoms with Gasteiger partial charge in [0.15, 0.2) is 0 Å². The summed E-state index contributed by atoms with van der Waals surface area (Å²) in [5.74, 6) is 1.68. The lowest BCUT2D eigenvalue weighted by atomic mass is 9.67. The van der Waals surface area contributed by atoms with Gasteiger partial charge in [0.25, 0.3) is 5.91 Å². The van der Waals surface area contributed by atoms with Crippen molar-refractivity contribution in [1.29, 1.82) is 5.26 Å². The first-order valence-corrected chi connectivity index (χ1v) is 12.5. The fourth-order valence-corrected chi connectivity index (χ4v) is 5.14. The molecule has 38 heavy (non-hydrogen) atoms. The number of amides is 1. The first kappa shape index (κ1) is 23.9. The van der Waals surface area contributed by atoms with Crippen molar-refractivity contribution < 1.29 is 14.6 Å². The number of nitrogens with zero attached hydrogens (tertiary/aromatic N) is 6. The fourth-order valence-electron chi connectivity index (χ4n) is 5.14. The number of anilines is 1. The Morgan fingerprint density at radius 1 is 1.26 bits per heavy atom. The minimum absolute atomic E-state index is 0.113. The molecule has 1 aliphatic carbocycles. The maximum Gasteiger partial charge on any atom is 0.270 e. The number of nitrogens with one attached hydrogen (secondary N) is 1. The van der Waals surface area contributed by atoms with Crippen molar-refractivity contribution in [3.63, 3.8) is 0 Å². The van der Waals surface area contributed by atoms with E-state index in [0.717, 1.165) is 29.9 Å². The van der Waals surface area contributed by atoms with E-state index in [4.69, 9.17) is 9.72 Å². The van der Waals surface area contributed by atoms with Crippen LogP contribution in [0.1, 0.15) is 36.3 Å². The third kappa shape index (κ3) is 4.31. The summed E-state index contributed by atoms with van der Waals surface area (Å²) in [6.45, 7) is 4.30. The van der Waals surface area contributed by atoms with Gasteiger partial charge in [0.05, 0.1) is 29.1 Å². The SMILES string of the molecule is CC(C)(O)COc1cc(-c2ccc(N3C[C@@H]4C3C[C@@H]4NC(=O)c3ccccn3)nc2)c2c(C#N)cnn2c1. The van der Waals surface area contributed by atoms with Gasteiger partial charge in [-0.3, -0.25) is 9.78 Å². The summed E-state index contributed by atoms with van der Waals surface area (Å²) in [6.07, 6.45) is 7.52. The van der Waals surface area contributed by atoms with E-state index in [9.17, 15) is 15.2 Å². The molecular formula is C28H27N7O3. The van der Waals surface area contributed by atoms with Crippen LogP contribution in [-0.4, -0.2) is 61.4 Å². The molecule has 1 amide bonds. The Morgan fingerprint density at radius 2 is 2.13 bits per heavy atom. The topological polar surface area (TPSA) is 129 Å². The Bertz CT molecular complexity index is 1540. The van der Waals surface area contributed by atoms with Gasteiger partial charge in [-0.2, -0.15) is 10.4 Å². The predicted octanol–water partition coefficient (Wildman–Crippen LogP) is 2.82. The summed E-state index contributed by atoms with van der Waals surface area (Å²) >= 11 is 0. The molecule has 0 spiro atoms. The molecule has 5 heterocycles. The van der Waals surface area contributed by atoms with Gasteiger partial charge < -0.3 is 20.1 Å². The molecule has 1 aliphatic heterocycles. The van der Waals surface area contributed by atoms with E-state index in [-0.39, 0.29) is 18.6 Å². The van der Waals surface area contributed by atoms with Crippen molar-refractivity contribution >= 4 is 17.2 Å². The number of pyridine rings is 3. The van der Waals surface area contributed by atoms with E-state index in [2.05, 4.69) is 26.4 Å². The van der Waals surface area contributed by atoms with Crippen molar-refractivity contribution in [1.82, 2.24) is 24.9 Å². The number of hydrogen-bond donors (Lipinski definition) is 2. The summed E-state index contributed by atoms with van der Waals surface area (Å²) in [6, 6.07) is 13.8. The summed E-state index contributed by atoms with van der Waals surface area (Å²) in [7, 11) is 0. The van der Waals surface area contributed by atoms with Crippen molar-refractivity contribution in [3.8, 4) is 22.9 Å². The van der Waals surface area contributed by atoms with Gasteiger partial charge in [0.2, 0.25) is 0 Å². The lowest BCUT2D eigenvalue weighted by molar-refractivity contribution is 0.0283. The summed E-state index contributed by atoms with van der Waals surface area (Å²) in [4.78, 5) is 23.5. The lowest BCUT2D eigenvalue weighted by Crippen LogP contribution is -2.73. The van der Waals surface area contributed by atoms with Gasteiger partial charge >= 0.3 is 0 Å². The van der Waals surface area contributed by atoms with E-state index < -0.39 is 5.60 Å². The first-order valence-electron chi connectivity index (χ1n) is 12.5. The molecule has 4 aromatic rings. The van der Waals surface area contributed by atoms with Gasteiger partial charge in [0, 0.05) is 48.1 Å². The highest BCUT2D eigenvalue weighted by molar-refractivity contribution is 5.92. The van der Waals surface area contributed by atoms with Gasteiger partial charge in [-0.25, -0.2) is 9.50 Å². The monoisotopic (exact) mass is 509 g/mol. The Hall–Kier alpha value is -4.49. The Morgan fingerprint density at radius 3 is 2.79 bits per heavy atom. The summed E-state index contributed by atoms with van der Waals surface area (Å²) < 4.78 is 7.44. The van der Waals surface area contributed by atoms with Crippen LogP contribution in [-0.2, 0) is 0 Å². The maximum absolute atomic E-state index is 12.4. The molecule has 2 aliphatic rings. The summed E-state index contributed by atoms with van der Waals surface area (Å²) in [5, 5.41) is 27.1. The number of aliphatic hydroxyl groups is 1.